The molecule has 0 spiro atoms. The molecule has 1 aromatic carbocycles. The number of aromatic nitrogens is 1. The number of nitrogens with zero attached hydrogens (tertiary/aromatic N) is 1. The predicted octanol–water partition coefficient (Wildman–Crippen LogP) is 6.03. The number of rotatable bonds is 4. The highest BCUT2D eigenvalue weighted by molar-refractivity contribution is 6.31. The van der Waals surface area contributed by atoms with Gasteiger partial charge in [0.15, 0.2) is 0 Å². The molecule has 1 aromatic heterocycles. The zero-order valence-corrected chi connectivity index (χ0v) is 18.1. The summed E-state index contributed by atoms with van der Waals surface area (Å²) in [6.45, 7) is 7.63. The van der Waals surface area contributed by atoms with Crippen LogP contribution in [0.2, 0.25) is 5.02 Å². The number of nitrogens with one attached hydrogen (secondary N) is 1. The summed E-state index contributed by atoms with van der Waals surface area (Å²) >= 11 is 6.10. The van der Waals surface area contributed by atoms with Crippen molar-refractivity contribution in [1.29, 1.82) is 0 Å². The Morgan fingerprint density at radius 1 is 1.31 bits per heavy atom. The molecule has 1 unspecified atom stereocenters. The minimum Gasteiger partial charge on any atom is -0.491 e. The Kier molecular flexibility index (Phi) is 4.84. The Morgan fingerprint density at radius 3 is 3.03 bits per heavy atom. The molecule has 2 aromatic rings. The summed E-state index contributed by atoms with van der Waals surface area (Å²) in [6, 6.07) is 6.10. The van der Waals surface area contributed by atoms with E-state index < -0.39 is 0 Å². The minimum atomic E-state index is -0.0257. The molecule has 5 rings (SSSR count). The van der Waals surface area contributed by atoms with Gasteiger partial charge in [0.2, 0.25) is 0 Å². The van der Waals surface area contributed by atoms with E-state index in [0.29, 0.717) is 5.92 Å². The molecule has 0 radical (unpaired) electrons. The Labute approximate surface area is 178 Å². The second-order valence-electron chi connectivity index (χ2n) is 9.21. The number of hydrogen-bond acceptors (Lipinski definition) is 2. The average Bonchev–Trinajstić information content (AvgIpc) is 3.24. The maximum Gasteiger partial charge on any atom is 0.108 e. The fourth-order valence-electron chi connectivity index (χ4n) is 5.07. The summed E-state index contributed by atoms with van der Waals surface area (Å²) in [6.07, 6.45) is 13.6. The summed E-state index contributed by atoms with van der Waals surface area (Å²) in [4.78, 5) is 5.90. The van der Waals surface area contributed by atoms with Crippen LogP contribution in [-0.4, -0.2) is 35.1 Å². The van der Waals surface area contributed by atoms with E-state index in [2.05, 4.69) is 54.2 Å². The molecule has 2 aliphatic heterocycles. The number of halogens is 1. The van der Waals surface area contributed by atoms with Gasteiger partial charge in [-0.15, -0.1) is 0 Å². The first-order valence-corrected chi connectivity index (χ1v) is 11.1. The number of allylic oxidation sites excluding steroid dienone is 4. The van der Waals surface area contributed by atoms with Crippen molar-refractivity contribution < 1.29 is 4.74 Å². The van der Waals surface area contributed by atoms with Crippen LogP contribution in [0.25, 0.3) is 10.9 Å². The number of hydrogen-bond donors (Lipinski definition) is 1. The molecule has 0 bridgehead atoms. The maximum absolute atomic E-state index is 6.35. The van der Waals surface area contributed by atoms with Crippen molar-refractivity contribution in [3.8, 4) is 0 Å². The summed E-state index contributed by atoms with van der Waals surface area (Å²) < 4.78 is 6.35. The van der Waals surface area contributed by atoms with Crippen molar-refractivity contribution >= 4 is 22.5 Å². The van der Waals surface area contributed by atoms with Crippen LogP contribution in [0.15, 0.2) is 59.5 Å². The van der Waals surface area contributed by atoms with Crippen molar-refractivity contribution in [3.63, 3.8) is 0 Å². The molecule has 0 saturated carbocycles. The largest absolute Gasteiger partial charge is 0.491 e. The van der Waals surface area contributed by atoms with Gasteiger partial charge in [-0.25, -0.2) is 0 Å². The standard InChI is InChI=1S/C25H29ClN2O/c1-25(2)15-18-4-3-5-22(24(18)29-25)17-8-11-28(12-9-17)13-10-19-16-27-23-14-20(26)6-7-21(19)23/h3,5-8,14,16,18,27H,4,9-13,15H2,1-2H3. The second kappa shape index (κ2) is 7.37. The van der Waals surface area contributed by atoms with Crippen LogP contribution >= 0.6 is 11.6 Å². The number of H-pyrrole nitrogens is 1. The van der Waals surface area contributed by atoms with Gasteiger partial charge in [0.1, 0.15) is 11.4 Å². The topological polar surface area (TPSA) is 28.3 Å². The highest BCUT2D eigenvalue weighted by Crippen LogP contribution is 2.45. The lowest BCUT2D eigenvalue weighted by molar-refractivity contribution is 0.0754. The van der Waals surface area contributed by atoms with Gasteiger partial charge in [0.25, 0.3) is 0 Å². The van der Waals surface area contributed by atoms with Crippen LogP contribution in [0.1, 0.15) is 38.7 Å². The van der Waals surface area contributed by atoms with Crippen LogP contribution in [0.3, 0.4) is 0 Å². The smallest absolute Gasteiger partial charge is 0.108 e. The molecule has 1 N–H and O–H groups in total. The van der Waals surface area contributed by atoms with Crippen LogP contribution in [-0.2, 0) is 11.2 Å². The molecule has 3 nitrogen and oxygen atoms in total. The molecule has 1 aliphatic carbocycles. The molecule has 3 aliphatic rings. The van der Waals surface area contributed by atoms with Gasteiger partial charge in [-0.1, -0.05) is 35.9 Å². The zero-order valence-electron chi connectivity index (χ0n) is 17.3. The van der Waals surface area contributed by atoms with E-state index in [9.17, 15) is 0 Å². The summed E-state index contributed by atoms with van der Waals surface area (Å²) in [5.41, 5.74) is 5.30. The van der Waals surface area contributed by atoms with Crippen molar-refractivity contribution in [2.45, 2.75) is 45.1 Å². The third-order valence-corrected chi connectivity index (χ3v) is 6.77. The SMILES string of the molecule is CC1(C)CC2CC=CC(C3=CCN(CCc4c[nH]c5cc(Cl)ccc45)CC3)=C2O1. The van der Waals surface area contributed by atoms with Crippen LogP contribution in [0, 0.1) is 5.92 Å². The first-order chi connectivity index (χ1) is 14.0. The molecule has 0 amide bonds. The summed E-state index contributed by atoms with van der Waals surface area (Å²) in [7, 11) is 0. The van der Waals surface area contributed by atoms with Gasteiger partial charge in [-0.2, -0.15) is 0 Å². The number of benzene rings is 1. The molecule has 1 saturated heterocycles. The van der Waals surface area contributed by atoms with Gasteiger partial charge < -0.3 is 9.72 Å². The Bertz CT molecular complexity index is 1030. The third kappa shape index (κ3) is 3.78. The van der Waals surface area contributed by atoms with Crippen molar-refractivity contribution in [1.82, 2.24) is 9.88 Å². The predicted molar refractivity (Wildman–Crippen MR) is 120 cm³/mol. The first kappa shape index (κ1) is 19.0. The van der Waals surface area contributed by atoms with Crippen LogP contribution < -0.4 is 0 Å². The van der Waals surface area contributed by atoms with E-state index in [-0.39, 0.29) is 5.60 Å². The van der Waals surface area contributed by atoms with E-state index in [1.54, 1.807) is 0 Å². The molecule has 29 heavy (non-hydrogen) atoms. The lowest BCUT2D eigenvalue weighted by Gasteiger charge is -2.28. The molecule has 3 heterocycles. The highest BCUT2D eigenvalue weighted by atomic mass is 35.5. The number of aromatic amines is 1. The van der Waals surface area contributed by atoms with E-state index in [0.717, 1.165) is 55.9 Å². The molecule has 152 valence electrons. The van der Waals surface area contributed by atoms with E-state index >= 15 is 0 Å². The third-order valence-electron chi connectivity index (χ3n) is 6.53. The Hall–Kier alpha value is -1.97. The molecular formula is C25H29ClN2O. The number of fused-ring (bicyclic) bond motifs is 2. The first-order valence-electron chi connectivity index (χ1n) is 10.8. The highest BCUT2D eigenvalue weighted by Gasteiger charge is 2.39. The second-order valence-corrected chi connectivity index (χ2v) is 9.65. The summed E-state index contributed by atoms with van der Waals surface area (Å²) in [5.74, 6) is 1.81. The van der Waals surface area contributed by atoms with Gasteiger partial charge in [-0.3, -0.25) is 4.90 Å². The normalized spacial score (nSPS) is 24.0. The fraction of sp³-hybridized carbons (Fsp3) is 0.440. The lowest BCUT2D eigenvalue weighted by Crippen LogP contribution is -2.31. The minimum absolute atomic E-state index is 0.0257. The maximum atomic E-state index is 6.35. The van der Waals surface area contributed by atoms with Gasteiger partial charge in [-0.05, 0) is 62.8 Å². The van der Waals surface area contributed by atoms with Gasteiger partial charge in [0.05, 0.1) is 0 Å². The molecule has 4 heteroatoms. The van der Waals surface area contributed by atoms with Crippen molar-refractivity contribution in [2.24, 2.45) is 5.92 Å². The quantitative estimate of drug-likeness (QED) is 0.669. The molecule has 1 atom stereocenters. The van der Waals surface area contributed by atoms with Crippen molar-refractivity contribution in [3.05, 3.63) is 70.1 Å². The lowest BCUT2D eigenvalue weighted by atomic mass is 9.85. The van der Waals surface area contributed by atoms with E-state index in [1.807, 2.05) is 12.1 Å². The zero-order chi connectivity index (χ0) is 20.0. The van der Waals surface area contributed by atoms with E-state index in [1.165, 1.54) is 27.9 Å². The number of ether oxygens (including phenoxy) is 1. The van der Waals surface area contributed by atoms with E-state index in [4.69, 9.17) is 16.3 Å². The molecule has 1 fully saturated rings. The summed E-state index contributed by atoms with van der Waals surface area (Å²) in [5, 5.41) is 2.07. The monoisotopic (exact) mass is 408 g/mol. The average molecular weight is 409 g/mol. The van der Waals surface area contributed by atoms with Crippen LogP contribution in [0.5, 0.6) is 0 Å². The van der Waals surface area contributed by atoms with Crippen LogP contribution in [0.4, 0.5) is 0 Å². The molecular weight excluding hydrogens is 380 g/mol. The Balaban J connectivity index is 1.25. The Morgan fingerprint density at radius 2 is 2.21 bits per heavy atom. The fourth-order valence-corrected chi connectivity index (χ4v) is 5.25. The van der Waals surface area contributed by atoms with Crippen molar-refractivity contribution in [2.75, 3.05) is 19.6 Å². The van der Waals surface area contributed by atoms with Gasteiger partial charge in [0, 0.05) is 53.2 Å². The van der Waals surface area contributed by atoms with Gasteiger partial charge >= 0.3 is 0 Å².